The van der Waals surface area contributed by atoms with Crippen molar-refractivity contribution in [1.29, 1.82) is 0 Å². The van der Waals surface area contributed by atoms with Crippen molar-refractivity contribution < 1.29 is 9.90 Å². The van der Waals surface area contributed by atoms with Crippen LogP contribution in [0.5, 0.6) is 0 Å². The number of ketones is 1. The van der Waals surface area contributed by atoms with Gasteiger partial charge in [-0.1, -0.05) is 13.3 Å². The molecule has 0 aromatic heterocycles. The Kier molecular flexibility index (Phi) is 2.85. The Bertz CT molecular complexity index is 105. The number of hydrogen-bond donors (Lipinski definition) is 1. The normalized spacial score (nSPS) is 16.9. The zero-order valence-corrected chi connectivity index (χ0v) is 6.27. The van der Waals surface area contributed by atoms with E-state index >= 15 is 0 Å². The molecule has 0 aromatic rings. The molecule has 2 heteroatoms. The van der Waals surface area contributed by atoms with Gasteiger partial charge in [-0.05, 0) is 20.3 Å². The largest absolute Gasteiger partial charge is 0.382 e. The third-order valence-electron chi connectivity index (χ3n) is 1.50. The molecule has 1 atom stereocenters. The van der Waals surface area contributed by atoms with Crippen LogP contribution in [-0.4, -0.2) is 16.5 Å². The lowest BCUT2D eigenvalue weighted by atomic mass is 9.97. The van der Waals surface area contributed by atoms with Gasteiger partial charge in [-0.25, -0.2) is 0 Å². The molecule has 1 N–H and O–H groups in total. The van der Waals surface area contributed by atoms with Gasteiger partial charge in [0.05, 0.1) is 0 Å². The summed E-state index contributed by atoms with van der Waals surface area (Å²) in [7, 11) is 0. The maximum Gasteiger partial charge on any atom is 0.160 e. The minimum atomic E-state index is -1.09. The van der Waals surface area contributed by atoms with Crippen LogP contribution in [0.4, 0.5) is 0 Å². The molecule has 9 heavy (non-hydrogen) atoms. The molecule has 0 spiro atoms. The van der Waals surface area contributed by atoms with Crippen molar-refractivity contribution in [3.8, 4) is 0 Å². The van der Waals surface area contributed by atoms with Crippen LogP contribution in [0.2, 0.25) is 0 Å². The van der Waals surface area contributed by atoms with E-state index in [-0.39, 0.29) is 5.78 Å². The molecular formula is C7H14O2. The fourth-order valence-electron chi connectivity index (χ4n) is 0.663. The van der Waals surface area contributed by atoms with Gasteiger partial charge in [0.25, 0.3) is 0 Å². The lowest BCUT2D eigenvalue weighted by Crippen LogP contribution is -2.32. The SMILES string of the molecule is CCC[C@@](C)(O)C(C)=O. The summed E-state index contributed by atoms with van der Waals surface area (Å²) in [4.78, 5) is 10.6. The standard InChI is InChI=1S/C7H14O2/c1-4-5-7(3,9)6(2)8/h9H,4-5H2,1-3H3/t7-/m1/s1. The Balaban J connectivity index is 3.85. The third-order valence-corrected chi connectivity index (χ3v) is 1.50. The van der Waals surface area contributed by atoms with Gasteiger partial charge in [-0.3, -0.25) is 4.79 Å². The van der Waals surface area contributed by atoms with Crippen molar-refractivity contribution in [2.45, 2.75) is 39.2 Å². The van der Waals surface area contributed by atoms with Crippen molar-refractivity contribution in [2.75, 3.05) is 0 Å². The number of Topliss-reactive ketones (excluding diaryl/α,β-unsaturated/α-hetero) is 1. The van der Waals surface area contributed by atoms with E-state index < -0.39 is 5.60 Å². The average Bonchev–Trinajstić information content (AvgIpc) is 1.65. The molecule has 2 nitrogen and oxygen atoms in total. The molecule has 0 saturated carbocycles. The summed E-state index contributed by atoms with van der Waals surface area (Å²) >= 11 is 0. The third kappa shape index (κ3) is 2.61. The van der Waals surface area contributed by atoms with Crippen LogP contribution in [0.3, 0.4) is 0 Å². The number of carbonyl (C=O) groups excluding carboxylic acids is 1. The predicted octanol–water partition coefficient (Wildman–Crippen LogP) is 1.13. The van der Waals surface area contributed by atoms with Gasteiger partial charge in [-0.15, -0.1) is 0 Å². The molecule has 54 valence electrons. The van der Waals surface area contributed by atoms with E-state index in [1.54, 1.807) is 6.92 Å². The van der Waals surface area contributed by atoms with E-state index in [2.05, 4.69) is 0 Å². The first-order valence-electron chi connectivity index (χ1n) is 3.24. The molecule has 0 aliphatic heterocycles. The molecule has 0 rings (SSSR count). The number of hydrogen-bond acceptors (Lipinski definition) is 2. The predicted molar refractivity (Wildman–Crippen MR) is 36.2 cm³/mol. The zero-order chi connectivity index (χ0) is 7.49. The first-order valence-corrected chi connectivity index (χ1v) is 3.24. The first kappa shape index (κ1) is 8.63. The summed E-state index contributed by atoms with van der Waals surface area (Å²) in [6.45, 7) is 4.91. The monoisotopic (exact) mass is 130 g/mol. The zero-order valence-electron chi connectivity index (χ0n) is 6.27. The van der Waals surface area contributed by atoms with E-state index in [0.717, 1.165) is 6.42 Å². The molecule has 0 aliphatic carbocycles. The highest BCUT2D eigenvalue weighted by Gasteiger charge is 2.24. The molecule has 0 aromatic carbocycles. The maximum atomic E-state index is 10.6. The Labute approximate surface area is 55.9 Å². The van der Waals surface area contributed by atoms with Gasteiger partial charge in [-0.2, -0.15) is 0 Å². The lowest BCUT2D eigenvalue weighted by molar-refractivity contribution is -0.133. The van der Waals surface area contributed by atoms with Crippen molar-refractivity contribution >= 4 is 5.78 Å². The van der Waals surface area contributed by atoms with Gasteiger partial charge in [0, 0.05) is 0 Å². The summed E-state index contributed by atoms with van der Waals surface area (Å²) < 4.78 is 0. The smallest absolute Gasteiger partial charge is 0.160 e. The van der Waals surface area contributed by atoms with Gasteiger partial charge < -0.3 is 5.11 Å². The van der Waals surface area contributed by atoms with Gasteiger partial charge in [0.2, 0.25) is 0 Å². The summed E-state index contributed by atoms with van der Waals surface area (Å²) in [6.07, 6.45) is 1.40. The lowest BCUT2D eigenvalue weighted by Gasteiger charge is -2.17. The van der Waals surface area contributed by atoms with Crippen LogP contribution in [0.1, 0.15) is 33.6 Å². The van der Waals surface area contributed by atoms with E-state index in [1.165, 1.54) is 6.92 Å². The molecule has 0 bridgehead atoms. The second-order valence-electron chi connectivity index (χ2n) is 2.58. The molecule has 0 radical (unpaired) electrons. The van der Waals surface area contributed by atoms with E-state index in [0.29, 0.717) is 6.42 Å². The molecule has 0 amide bonds. The highest BCUT2D eigenvalue weighted by atomic mass is 16.3. The Morgan fingerprint density at radius 2 is 2.11 bits per heavy atom. The molecule has 0 heterocycles. The van der Waals surface area contributed by atoms with Crippen molar-refractivity contribution in [3.63, 3.8) is 0 Å². The molecule has 0 unspecified atom stereocenters. The van der Waals surface area contributed by atoms with Crippen LogP contribution < -0.4 is 0 Å². The summed E-state index contributed by atoms with van der Waals surface area (Å²) in [5.74, 6) is -0.149. The van der Waals surface area contributed by atoms with Gasteiger partial charge in [0.1, 0.15) is 5.60 Å². The minimum absolute atomic E-state index is 0.149. The van der Waals surface area contributed by atoms with E-state index in [9.17, 15) is 9.90 Å². The molecule has 0 aliphatic rings. The Morgan fingerprint density at radius 3 is 2.22 bits per heavy atom. The average molecular weight is 130 g/mol. The quantitative estimate of drug-likeness (QED) is 0.621. The van der Waals surface area contributed by atoms with Crippen LogP contribution >= 0.6 is 0 Å². The summed E-state index contributed by atoms with van der Waals surface area (Å²) in [5.41, 5.74) is -1.09. The highest BCUT2D eigenvalue weighted by Crippen LogP contribution is 2.11. The maximum absolute atomic E-state index is 10.6. The second kappa shape index (κ2) is 2.97. The minimum Gasteiger partial charge on any atom is -0.382 e. The van der Waals surface area contributed by atoms with E-state index in [1.807, 2.05) is 6.92 Å². The number of carbonyl (C=O) groups is 1. The molecular weight excluding hydrogens is 116 g/mol. The van der Waals surface area contributed by atoms with Crippen LogP contribution in [0.25, 0.3) is 0 Å². The van der Waals surface area contributed by atoms with Crippen LogP contribution in [0, 0.1) is 0 Å². The number of rotatable bonds is 3. The molecule has 0 saturated heterocycles. The second-order valence-corrected chi connectivity index (χ2v) is 2.58. The van der Waals surface area contributed by atoms with Gasteiger partial charge in [0.15, 0.2) is 5.78 Å². The summed E-state index contributed by atoms with van der Waals surface area (Å²) in [5, 5.41) is 9.24. The molecule has 0 fully saturated rings. The van der Waals surface area contributed by atoms with E-state index in [4.69, 9.17) is 0 Å². The van der Waals surface area contributed by atoms with Crippen molar-refractivity contribution in [3.05, 3.63) is 0 Å². The fourth-order valence-corrected chi connectivity index (χ4v) is 0.663. The number of aliphatic hydroxyl groups is 1. The highest BCUT2D eigenvalue weighted by molar-refractivity contribution is 5.83. The fraction of sp³-hybridized carbons (Fsp3) is 0.857. The Morgan fingerprint density at radius 1 is 1.67 bits per heavy atom. The van der Waals surface area contributed by atoms with Crippen molar-refractivity contribution in [1.82, 2.24) is 0 Å². The summed E-state index contributed by atoms with van der Waals surface area (Å²) in [6, 6.07) is 0. The Hall–Kier alpha value is -0.370. The van der Waals surface area contributed by atoms with Crippen LogP contribution in [0.15, 0.2) is 0 Å². The van der Waals surface area contributed by atoms with Gasteiger partial charge >= 0.3 is 0 Å². The first-order chi connectivity index (χ1) is 4.00. The topological polar surface area (TPSA) is 37.3 Å². The van der Waals surface area contributed by atoms with Crippen LogP contribution in [-0.2, 0) is 4.79 Å². The van der Waals surface area contributed by atoms with Crippen molar-refractivity contribution in [2.24, 2.45) is 0 Å².